The number of alkyl halides is 1. The molecule has 1 fully saturated rings. The number of hydrogen-bond acceptors (Lipinski definition) is 1. The van der Waals surface area contributed by atoms with Crippen molar-refractivity contribution in [3.63, 3.8) is 0 Å². The van der Waals surface area contributed by atoms with Crippen molar-refractivity contribution < 1.29 is 4.79 Å². The summed E-state index contributed by atoms with van der Waals surface area (Å²) in [5.41, 5.74) is 0. The largest absolute Gasteiger partial charge is 0.298 e. The Labute approximate surface area is 89.4 Å². The lowest BCUT2D eigenvalue weighted by Crippen LogP contribution is -2.34. The van der Waals surface area contributed by atoms with E-state index in [0.29, 0.717) is 5.78 Å². The molecule has 0 spiro atoms. The van der Waals surface area contributed by atoms with Gasteiger partial charge in [0, 0.05) is 6.42 Å². The Morgan fingerprint density at radius 3 is 2.77 bits per heavy atom. The first-order valence-electron chi connectivity index (χ1n) is 5.41. The highest BCUT2D eigenvalue weighted by molar-refractivity contribution is 9.10. The lowest BCUT2D eigenvalue weighted by Gasteiger charge is -2.29. The van der Waals surface area contributed by atoms with E-state index in [1.54, 1.807) is 0 Å². The summed E-state index contributed by atoms with van der Waals surface area (Å²) < 4.78 is -0.138. The van der Waals surface area contributed by atoms with Crippen LogP contribution in [0.5, 0.6) is 0 Å². The average molecular weight is 247 g/mol. The van der Waals surface area contributed by atoms with Crippen molar-refractivity contribution in [1.29, 1.82) is 0 Å². The first kappa shape index (κ1) is 11.2. The van der Waals surface area contributed by atoms with Gasteiger partial charge in [0.25, 0.3) is 0 Å². The minimum atomic E-state index is -0.138. The van der Waals surface area contributed by atoms with Gasteiger partial charge in [0.05, 0.1) is 4.32 Å². The normalized spacial score (nSPS) is 29.2. The molecule has 1 aliphatic carbocycles. The second-order valence-corrected chi connectivity index (χ2v) is 5.57. The number of rotatable bonds is 4. The second kappa shape index (κ2) is 5.14. The zero-order valence-electron chi connectivity index (χ0n) is 8.44. The molecule has 1 nitrogen and oxygen atoms in total. The van der Waals surface area contributed by atoms with Gasteiger partial charge in [0.1, 0.15) is 5.78 Å². The summed E-state index contributed by atoms with van der Waals surface area (Å²) in [7, 11) is 0. The molecule has 0 N–H and O–H groups in total. The molecule has 0 aromatic carbocycles. The van der Waals surface area contributed by atoms with Gasteiger partial charge in [-0.3, -0.25) is 4.79 Å². The van der Waals surface area contributed by atoms with Gasteiger partial charge in [0.15, 0.2) is 0 Å². The molecule has 0 aromatic heterocycles. The lowest BCUT2D eigenvalue weighted by atomic mass is 9.84. The molecule has 0 aliphatic heterocycles. The fraction of sp³-hybridized carbons (Fsp3) is 0.909. The van der Waals surface area contributed by atoms with Gasteiger partial charge in [-0.15, -0.1) is 0 Å². The zero-order valence-corrected chi connectivity index (χ0v) is 10.0. The van der Waals surface area contributed by atoms with Gasteiger partial charge >= 0.3 is 0 Å². The molecule has 0 amide bonds. The van der Waals surface area contributed by atoms with E-state index in [4.69, 9.17) is 0 Å². The fourth-order valence-corrected chi connectivity index (χ4v) is 2.73. The molecule has 1 saturated carbocycles. The molecule has 2 heteroatoms. The molecule has 1 unspecified atom stereocenters. The third-order valence-corrected chi connectivity index (χ3v) is 4.14. The molecule has 0 aromatic rings. The second-order valence-electron chi connectivity index (χ2n) is 4.05. The van der Waals surface area contributed by atoms with E-state index in [1.165, 1.54) is 25.7 Å². The van der Waals surface area contributed by atoms with Crippen molar-refractivity contribution >= 4 is 21.7 Å². The standard InChI is InChI=1S/C11H19BrO/c1-2-3-5-8-11(12)9-6-4-7-10(11)13/h2-9H2,1H3. The predicted molar refractivity (Wildman–Crippen MR) is 59.3 cm³/mol. The highest BCUT2D eigenvalue weighted by Crippen LogP contribution is 2.37. The Morgan fingerprint density at radius 1 is 1.38 bits per heavy atom. The molecule has 0 bridgehead atoms. The van der Waals surface area contributed by atoms with E-state index in [9.17, 15) is 4.79 Å². The number of halogens is 1. The van der Waals surface area contributed by atoms with E-state index in [-0.39, 0.29) is 4.32 Å². The lowest BCUT2D eigenvalue weighted by molar-refractivity contribution is -0.122. The quantitative estimate of drug-likeness (QED) is 0.544. The Hall–Kier alpha value is 0.150. The number of carbonyl (C=O) groups excluding carboxylic acids is 1. The zero-order chi connectivity index (χ0) is 9.73. The fourth-order valence-electron chi connectivity index (χ4n) is 1.97. The molecular formula is C11H19BrO. The number of Topliss-reactive ketones (excluding diaryl/α,β-unsaturated/α-hetero) is 1. The Morgan fingerprint density at radius 2 is 2.15 bits per heavy atom. The Bertz CT molecular complexity index is 179. The van der Waals surface area contributed by atoms with E-state index < -0.39 is 0 Å². The van der Waals surface area contributed by atoms with Crippen molar-refractivity contribution in [2.24, 2.45) is 0 Å². The van der Waals surface area contributed by atoms with Gasteiger partial charge in [-0.05, 0) is 19.3 Å². The molecule has 1 atom stereocenters. The van der Waals surface area contributed by atoms with Crippen molar-refractivity contribution in [2.75, 3.05) is 0 Å². The monoisotopic (exact) mass is 246 g/mol. The number of hydrogen-bond donors (Lipinski definition) is 0. The van der Waals surface area contributed by atoms with Crippen LogP contribution in [-0.4, -0.2) is 10.1 Å². The van der Waals surface area contributed by atoms with Crippen LogP contribution in [0.15, 0.2) is 0 Å². The predicted octanol–water partition coefficient (Wildman–Crippen LogP) is 3.84. The van der Waals surface area contributed by atoms with Crippen LogP contribution in [0.3, 0.4) is 0 Å². The van der Waals surface area contributed by atoms with E-state index in [2.05, 4.69) is 22.9 Å². The SMILES string of the molecule is CCCCCC1(Br)CCCCC1=O. The maximum absolute atomic E-state index is 11.7. The molecular weight excluding hydrogens is 228 g/mol. The minimum absolute atomic E-state index is 0.138. The van der Waals surface area contributed by atoms with E-state index >= 15 is 0 Å². The van der Waals surface area contributed by atoms with Crippen LogP contribution in [0, 0.1) is 0 Å². The third kappa shape index (κ3) is 3.08. The third-order valence-electron chi connectivity index (χ3n) is 2.90. The van der Waals surface area contributed by atoms with Crippen molar-refractivity contribution in [3.05, 3.63) is 0 Å². The molecule has 76 valence electrons. The number of ketones is 1. The summed E-state index contributed by atoms with van der Waals surface area (Å²) in [5, 5.41) is 0. The maximum atomic E-state index is 11.7. The first-order chi connectivity index (χ1) is 6.19. The highest BCUT2D eigenvalue weighted by atomic mass is 79.9. The number of unbranched alkanes of at least 4 members (excludes halogenated alkanes) is 2. The van der Waals surface area contributed by atoms with Crippen LogP contribution in [0.2, 0.25) is 0 Å². The summed E-state index contributed by atoms with van der Waals surface area (Å²) in [6, 6.07) is 0. The summed E-state index contributed by atoms with van der Waals surface area (Å²) >= 11 is 3.64. The average Bonchev–Trinajstić information content (AvgIpc) is 2.11. The molecule has 0 saturated heterocycles. The van der Waals surface area contributed by atoms with Gasteiger partial charge in [-0.1, -0.05) is 48.5 Å². The molecule has 0 radical (unpaired) electrons. The van der Waals surface area contributed by atoms with Gasteiger partial charge in [-0.2, -0.15) is 0 Å². The summed E-state index contributed by atoms with van der Waals surface area (Å²) in [6.45, 7) is 2.20. The van der Waals surface area contributed by atoms with Crippen molar-refractivity contribution in [2.45, 2.75) is 62.6 Å². The van der Waals surface area contributed by atoms with Gasteiger partial charge in [-0.25, -0.2) is 0 Å². The van der Waals surface area contributed by atoms with Crippen LogP contribution < -0.4 is 0 Å². The smallest absolute Gasteiger partial charge is 0.149 e. The maximum Gasteiger partial charge on any atom is 0.149 e. The Balaban J connectivity index is 2.38. The van der Waals surface area contributed by atoms with E-state index in [0.717, 1.165) is 25.7 Å². The molecule has 1 aliphatic rings. The number of carbonyl (C=O) groups is 1. The van der Waals surface area contributed by atoms with Crippen LogP contribution in [0.25, 0.3) is 0 Å². The van der Waals surface area contributed by atoms with Crippen LogP contribution in [0.4, 0.5) is 0 Å². The summed E-state index contributed by atoms with van der Waals surface area (Å²) in [6.07, 6.45) is 8.86. The van der Waals surface area contributed by atoms with Crippen LogP contribution in [0.1, 0.15) is 58.3 Å². The summed E-state index contributed by atoms with van der Waals surface area (Å²) in [5.74, 6) is 0.440. The van der Waals surface area contributed by atoms with E-state index in [1.807, 2.05) is 0 Å². The molecule has 1 rings (SSSR count). The van der Waals surface area contributed by atoms with Gasteiger partial charge in [0.2, 0.25) is 0 Å². The summed E-state index contributed by atoms with van der Waals surface area (Å²) in [4.78, 5) is 11.7. The first-order valence-corrected chi connectivity index (χ1v) is 6.20. The highest BCUT2D eigenvalue weighted by Gasteiger charge is 2.36. The van der Waals surface area contributed by atoms with Crippen molar-refractivity contribution in [1.82, 2.24) is 0 Å². The van der Waals surface area contributed by atoms with Crippen LogP contribution >= 0.6 is 15.9 Å². The van der Waals surface area contributed by atoms with Crippen molar-refractivity contribution in [3.8, 4) is 0 Å². The van der Waals surface area contributed by atoms with Crippen LogP contribution in [-0.2, 0) is 4.79 Å². The molecule has 0 heterocycles. The topological polar surface area (TPSA) is 17.1 Å². The minimum Gasteiger partial charge on any atom is -0.298 e. The molecule has 13 heavy (non-hydrogen) atoms. The van der Waals surface area contributed by atoms with Gasteiger partial charge < -0.3 is 0 Å². The Kier molecular flexibility index (Phi) is 4.43.